The molecule has 13 heavy (non-hydrogen) atoms. The molecule has 1 N–H and O–H groups in total. The molecule has 0 heterocycles. The summed E-state index contributed by atoms with van der Waals surface area (Å²) < 4.78 is 5.44. The van der Waals surface area contributed by atoms with Gasteiger partial charge in [-0.2, -0.15) is 0 Å². The van der Waals surface area contributed by atoms with Crippen LogP contribution in [0.3, 0.4) is 0 Å². The van der Waals surface area contributed by atoms with Crippen LogP contribution in [0.2, 0.25) is 0 Å². The second kappa shape index (κ2) is 8.48. The topological polar surface area (TPSA) is 24.5 Å². The summed E-state index contributed by atoms with van der Waals surface area (Å²) in [7, 11) is 4.11. The molecule has 0 radical (unpaired) electrons. The number of nitrogens with one attached hydrogen (secondary N) is 1. The molecule has 80 valence electrons. The van der Waals surface area contributed by atoms with Crippen molar-refractivity contribution in [2.45, 2.75) is 26.3 Å². The molecule has 1 unspecified atom stereocenters. The zero-order valence-electron chi connectivity index (χ0n) is 9.47. The van der Waals surface area contributed by atoms with Gasteiger partial charge in [0.1, 0.15) is 0 Å². The predicted molar refractivity (Wildman–Crippen MR) is 57.1 cm³/mol. The quantitative estimate of drug-likeness (QED) is 0.574. The summed E-state index contributed by atoms with van der Waals surface area (Å²) in [4.78, 5) is 2.13. The number of hydrogen-bond donors (Lipinski definition) is 1. The van der Waals surface area contributed by atoms with Gasteiger partial charge in [-0.15, -0.1) is 0 Å². The molecule has 0 saturated carbocycles. The molecule has 0 aromatic carbocycles. The van der Waals surface area contributed by atoms with Crippen molar-refractivity contribution >= 4 is 0 Å². The highest BCUT2D eigenvalue weighted by Gasteiger charge is 1.95. The average molecular weight is 188 g/mol. The fraction of sp³-hybridized carbons (Fsp3) is 1.00. The van der Waals surface area contributed by atoms with Crippen molar-refractivity contribution in [3.8, 4) is 0 Å². The fourth-order valence-corrected chi connectivity index (χ4v) is 0.871. The lowest BCUT2D eigenvalue weighted by atomic mass is 10.3. The Morgan fingerprint density at radius 1 is 1.31 bits per heavy atom. The lowest BCUT2D eigenvalue weighted by molar-refractivity contribution is 0.118. The highest BCUT2D eigenvalue weighted by molar-refractivity contribution is 4.56. The van der Waals surface area contributed by atoms with Gasteiger partial charge in [-0.1, -0.05) is 6.92 Å². The lowest BCUT2D eigenvalue weighted by Crippen LogP contribution is -2.29. The van der Waals surface area contributed by atoms with Crippen molar-refractivity contribution in [1.82, 2.24) is 10.2 Å². The van der Waals surface area contributed by atoms with E-state index in [4.69, 9.17) is 4.74 Å². The number of hydrogen-bond acceptors (Lipinski definition) is 3. The molecule has 0 aromatic rings. The van der Waals surface area contributed by atoms with Crippen LogP contribution < -0.4 is 5.32 Å². The van der Waals surface area contributed by atoms with E-state index in [0.29, 0.717) is 6.04 Å². The maximum absolute atomic E-state index is 5.44. The molecular formula is C10H24N2O. The Balaban J connectivity index is 2.99. The molecule has 0 amide bonds. The molecule has 0 saturated heterocycles. The third-order valence-electron chi connectivity index (χ3n) is 2.03. The van der Waals surface area contributed by atoms with Gasteiger partial charge in [-0.3, -0.25) is 0 Å². The normalized spacial score (nSPS) is 13.6. The van der Waals surface area contributed by atoms with Crippen molar-refractivity contribution in [2.75, 3.05) is 40.4 Å². The fourth-order valence-electron chi connectivity index (χ4n) is 0.871. The number of ether oxygens (including phenoxy) is 1. The second-order valence-electron chi connectivity index (χ2n) is 3.68. The third kappa shape index (κ3) is 9.80. The minimum Gasteiger partial charge on any atom is -0.379 e. The molecule has 0 bridgehead atoms. The minimum atomic E-state index is 0.609. The summed E-state index contributed by atoms with van der Waals surface area (Å²) in [6.07, 6.45) is 1.18. The first kappa shape index (κ1) is 12.9. The molecule has 0 aliphatic heterocycles. The van der Waals surface area contributed by atoms with Gasteiger partial charge in [0.15, 0.2) is 0 Å². The van der Waals surface area contributed by atoms with Gasteiger partial charge in [0.2, 0.25) is 0 Å². The van der Waals surface area contributed by atoms with Crippen LogP contribution in [-0.4, -0.2) is 51.3 Å². The van der Waals surface area contributed by atoms with Gasteiger partial charge < -0.3 is 15.0 Å². The first-order valence-electron chi connectivity index (χ1n) is 5.12. The molecule has 1 atom stereocenters. The Morgan fingerprint density at radius 3 is 2.54 bits per heavy atom. The smallest absolute Gasteiger partial charge is 0.0593 e. The van der Waals surface area contributed by atoms with Gasteiger partial charge in [-0.05, 0) is 27.4 Å². The summed E-state index contributed by atoms with van der Waals surface area (Å²) in [5, 5.41) is 3.38. The van der Waals surface area contributed by atoms with Crippen LogP contribution in [0.15, 0.2) is 0 Å². The first-order valence-corrected chi connectivity index (χ1v) is 5.12. The summed E-state index contributed by atoms with van der Waals surface area (Å²) in [5.74, 6) is 0. The zero-order valence-corrected chi connectivity index (χ0v) is 9.47. The van der Waals surface area contributed by atoms with Crippen LogP contribution in [0.1, 0.15) is 20.3 Å². The lowest BCUT2D eigenvalue weighted by Gasteiger charge is -2.12. The standard InChI is InChI=1S/C10H24N2O/c1-5-10(2)11-6-8-13-9-7-12(3)4/h10-11H,5-9H2,1-4H3. The largest absolute Gasteiger partial charge is 0.379 e. The van der Waals surface area contributed by atoms with Crippen LogP contribution in [0.25, 0.3) is 0 Å². The van der Waals surface area contributed by atoms with E-state index in [0.717, 1.165) is 26.3 Å². The van der Waals surface area contributed by atoms with Crippen LogP contribution >= 0.6 is 0 Å². The zero-order chi connectivity index (χ0) is 10.1. The summed E-state index contributed by atoms with van der Waals surface area (Å²) in [6, 6.07) is 0.609. The average Bonchev–Trinajstić information content (AvgIpc) is 2.10. The van der Waals surface area contributed by atoms with Crippen molar-refractivity contribution < 1.29 is 4.74 Å². The van der Waals surface area contributed by atoms with Crippen molar-refractivity contribution in [3.63, 3.8) is 0 Å². The number of rotatable bonds is 8. The Morgan fingerprint density at radius 2 is 2.00 bits per heavy atom. The van der Waals surface area contributed by atoms with Gasteiger partial charge in [0.25, 0.3) is 0 Å². The number of likely N-dealkylation sites (N-methyl/N-ethyl adjacent to an activating group) is 1. The highest BCUT2D eigenvalue weighted by atomic mass is 16.5. The maximum Gasteiger partial charge on any atom is 0.0593 e. The van der Waals surface area contributed by atoms with Crippen LogP contribution in [-0.2, 0) is 4.74 Å². The van der Waals surface area contributed by atoms with Crippen molar-refractivity contribution in [3.05, 3.63) is 0 Å². The Kier molecular flexibility index (Phi) is 8.40. The molecule has 0 rings (SSSR count). The van der Waals surface area contributed by atoms with Gasteiger partial charge in [0, 0.05) is 19.1 Å². The third-order valence-corrected chi connectivity index (χ3v) is 2.03. The Hall–Kier alpha value is -0.120. The molecular weight excluding hydrogens is 164 g/mol. The van der Waals surface area contributed by atoms with Gasteiger partial charge >= 0.3 is 0 Å². The van der Waals surface area contributed by atoms with E-state index in [-0.39, 0.29) is 0 Å². The minimum absolute atomic E-state index is 0.609. The van der Waals surface area contributed by atoms with Crippen molar-refractivity contribution in [1.29, 1.82) is 0 Å². The van der Waals surface area contributed by atoms with Gasteiger partial charge in [0.05, 0.1) is 13.2 Å². The van der Waals surface area contributed by atoms with E-state index >= 15 is 0 Å². The molecule has 0 aliphatic rings. The van der Waals surface area contributed by atoms with Crippen LogP contribution in [0.5, 0.6) is 0 Å². The van der Waals surface area contributed by atoms with Crippen LogP contribution in [0, 0.1) is 0 Å². The van der Waals surface area contributed by atoms with Gasteiger partial charge in [-0.25, -0.2) is 0 Å². The molecule has 3 nitrogen and oxygen atoms in total. The number of nitrogens with zero attached hydrogens (tertiary/aromatic N) is 1. The predicted octanol–water partition coefficient (Wildman–Crippen LogP) is 0.953. The van der Waals surface area contributed by atoms with E-state index in [9.17, 15) is 0 Å². The summed E-state index contributed by atoms with van der Waals surface area (Å²) in [5.41, 5.74) is 0. The molecule has 0 aromatic heterocycles. The Labute approximate surface area is 82.4 Å². The second-order valence-corrected chi connectivity index (χ2v) is 3.68. The Bertz CT molecular complexity index is 107. The van der Waals surface area contributed by atoms with E-state index in [1.165, 1.54) is 6.42 Å². The monoisotopic (exact) mass is 188 g/mol. The van der Waals surface area contributed by atoms with Crippen molar-refractivity contribution in [2.24, 2.45) is 0 Å². The summed E-state index contributed by atoms with van der Waals surface area (Å²) >= 11 is 0. The maximum atomic E-state index is 5.44. The van der Waals surface area contributed by atoms with E-state index in [2.05, 4.69) is 38.2 Å². The van der Waals surface area contributed by atoms with E-state index in [1.54, 1.807) is 0 Å². The molecule has 0 aliphatic carbocycles. The van der Waals surface area contributed by atoms with Crippen LogP contribution in [0.4, 0.5) is 0 Å². The van der Waals surface area contributed by atoms with E-state index < -0.39 is 0 Å². The molecule has 0 fully saturated rings. The molecule has 0 spiro atoms. The highest BCUT2D eigenvalue weighted by Crippen LogP contribution is 1.86. The summed E-state index contributed by atoms with van der Waals surface area (Å²) in [6.45, 7) is 7.99. The van der Waals surface area contributed by atoms with E-state index in [1.807, 2.05) is 0 Å². The first-order chi connectivity index (χ1) is 6.16. The molecule has 3 heteroatoms. The SMILES string of the molecule is CCC(C)NCCOCCN(C)C.